The second kappa shape index (κ2) is 9.10. The topological polar surface area (TPSA) is 73.1 Å². The molecule has 7 saturated carbocycles. The van der Waals surface area contributed by atoms with E-state index >= 15 is 0 Å². The molecule has 0 N–H and O–H groups in total. The molecule has 8 heteroatoms. The van der Waals surface area contributed by atoms with Crippen molar-refractivity contribution in [1.82, 2.24) is 19.7 Å². The van der Waals surface area contributed by atoms with E-state index in [0.29, 0.717) is 44.3 Å². The van der Waals surface area contributed by atoms with Crippen LogP contribution in [0.5, 0.6) is 6.01 Å². The van der Waals surface area contributed by atoms with E-state index in [4.69, 9.17) is 9.84 Å². The van der Waals surface area contributed by atoms with Crippen LogP contribution in [0.4, 0.5) is 10.1 Å². The number of fused-ring (bicyclic) bond motifs is 3. The number of aryl methyl sites for hydroxylation is 1. The molecule has 2 aromatic heterocycles. The van der Waals surface area contributed by atoms with Crippen LogP contribution < -0.4 is 9.64 Å². The summed E-state index contributed by atoms with van der Waals surface area (Å²) in [6.07, 6.45) is 13.9. The fraction of sp³-hybridized carbons (Fsp3) is 0.588. The van der Waals surface area contributed by atoms with E-state index in [-0.39, 0.29) is 16.7 Å². The third-order valence-electron chi connectivity index (χ3n) is 11.4. The highest BCUT2D eigenvalue weighted by Crippen LogP contribution is 2.70. The Morgan fingerprint density at radius 2 is 1.71 bits per heavy atom. The van der Waals surface area contributed by atoms with Crippen molar-refractivity contribution in [1.29, 1.82) is 0 Å². The molecular formula is C34H40FN5O2. The van der Waals surface area contributed by atoms with Gasteiger partial charge in [-0.2, -0.15) is 5.10 Å². The van der Waals surface area contributed by atoms with E-state index in [1.165, 1.54) is 24.2 Å². The summed E-state index contributed by atoms with van der Waals surface area (Å²) in [5.74, 6) is 0.775. The fourth-order valence-corrected chi connectivity index (χ4v) is 8.76. The standard InChI is InChI=1S/C34H40FN5O2/c1-3-42-30-36-17-25(18-37-30)24-5-4-6-26(15-24)40(29(41)33-19-34(35,20-33)21-33)22-31-9-12-32(13-10-31,14-11-31)28-16-27(23-7-8-23)38-39(28)2/h4-6,15-18,23H,3,7-14,19-22H2,1-2H3. The van der Waals surface area contributed by atoms with Crippen LogP contribution in [0.25, 0.3) is 11.1 Å². The molecule has 7 aliphatic carbocycles. The molecule has 4 bridgehead atoms. The molecule has 7 nitrogen and oxygen atoms in total. The molecule has 0 saturated heterocycles. The number of alkyl halides is 1. The van der Waals surface area contributed by atoms with Crippen molar-refractivity contribution in [2.75, 3.05) is 18.1 Å². The van der Waals surface area contributed by atoms with Gasteiger partial charge in [0, 0.05) is 54.3 Å². The fourth-order valence-electron chi connectivity index (χ4n) is 8.76. The molecule has 220 valence electrons. The number of benzene rings is 1. The molecule has 0 atom stereocenters. The van der Waals surface area contributed by atoms with E-state index in [0.717, 1.165) is 55.3 Å². The number of aromatic nitrogens is 4. The molecular weight excluding hydrogens is 529 g/mol. The Labute approximate surface area is 246 Å². The minimum Gasteiger partial charge on any atom is -0.464 e. The number of hydrogen-bond acceptors (Lipinski definition) is 5. The first-order chi connectivity index (χ1) is 20.2. The third-order valence-corrected chi connectivity index (χ3v) is 11.4. The van der Waals surface area contributed by atoms with E-state index in [1.807, 2.05) is 30.0 Å². The zero-order chi connectivity index (χ0) is 28.7. The monoisotopic (exact) mass is 569 g/mol. The van der Waals surface area contributed by atoms with Crippen LogP contribution in [0.15, 0.2) is 42.7 Å². The molecule has 0 unspecified atom stereocenters. The van der Waals surface area contributed by atoms with Crippen molar-refractivity contribution in [3.63, 3.8) is 0 Å². The molecule has 1 amide bonds. The van der Waals surface area contributed by atoms with Gasteiger partial charge in [0.2, 0.25) is 5.91 Å². The van der Waals surface area contributed by atoms with E-state index in [2.05, 4.69) is 33.8 Å². The van der Waals surface area contributed by atoms with Gasteiger partial charge in [0.05, 0.1) is 17.7 Å². The van der Waals surface area contributed by atoms with Gasteiger partial charge in [-0.05, 0) is 107 Å². The molecule has 3 aromatic rings. The maximum Gasteiger partial charge on any atom is 0.316 e. The number of ether oxygens (including phenoxy) is 1. The second-order valence-corrected chi connectivity index (χ2v) is 14.2. The van der Waals surface area contributed by atoms with Gasteiger partial charge in [-0.3, -0.25) is 9.48 Å². The highest BCUT2D eigenvalue weighted by Gasteiger charge is 2.73. The van der Waals surface area contributed by atoms with Crippen LogP contribution in [0, 0.1) is 10.8 Å². The lowest BCUT2D eigenvalue weighted by Crippen LogP contribution is -2.71. The molecule has 7 aliphatic rings. The average molecular weight is 570 g/mol. The van der Waals surface area contributed by atoms with E-state index in [9.17, 15) is 9.18 Å². The van der Waals surface area contributed by atoms with E-state index in [1.54, 1.807) is 12.4 Å². The first kappa shape index (κ1) is 26.3. The first-order valence-electron chi connectivity index (χ1n) is 15.8. The number of rotatable bonds is 9. The highest BCUT2D eigenvalue weighted by atomic mass is 19.1. The molecule has 0 radical (unpaired) electrons. The molecule has 2 heterocycles. The number of carbonyl (C=O) groups excluding carboxylic acids is 1. The Morgan fingerprint density at radius 3 is 2.33 bits per heavy atom. The molecule has 0 aliphatic heterocycles. The predicted octanol–water partition coefficient (Wildman–Crippen LogP) is 6.67. The van der Waals surface area contributed by atoms with Crippen molar-refractivity contribution < 1.29 is 13.9 Å². The lowest BCUT2D eigenvalue weighted by molar-refractivity contribution is -0.211. The van der Waals surface area contributed by atoms with Crippen molar-refractivity contribution in [2.24, 2.45) is 17.9 Å². The Hall–Kier alpha value is -3.29. The van der Waals surface area contributed by atoms with Crippen molar-refractivity contribution in [3.8, 4) is 17.1 Å². The van der Waals surface area contributed by atoms with Crippen LogP contribution in [0.3, 0.4) is 0 Å². The maximum atomic E-state index is 14.6. The van der Waals surface area contributed by atoms with Gasteiger partial charge in [0.15, 0.2) is 0 Å². The molecule has 1 aromatic carbocycles. The lowest BCUT2D eigenvalue weighted by atomic mass is 9.41. The normalized spacial score (nSPS) is 32.6. The summed E-state index contributed by atoms with van der Waals surface area (Å²) < 4.78 is 22.2. The van der Waals surface area contributed by atoms with Crippen LogP contribution in [-0.4, -0.2) is 44.5 Å². The second-order valence-electron chi connectivity index (χ2n) is 14.2. The van der Waals surface area contributed by atoms with Crippen LogP contribution in [0.2, 0.25) is 0 Å². The number of amides is 1. The number of carbonyl (C=O) groups is 1. The maximum absolute atomic E-state index is 14.6. The summed E-state index contributed by atoms with van der Waals surface area (Å²) in [7, 11) is 2.12. The van der Waals surface area contributed by atoms with E-state index < -0.39 is 11.1 Å². The summed E-state index contributed by atoms with van der Waals surface area (Å²) >= 11 is 0. The minimum absolute atomic E-state index is 0.0878. The first-order valence-corrected chi connectivity index (χ1v) is 15.8. The summed E-state index contributed by atoms with van der Waals surface area (Å²) in [4.78, 5) is 25.0. The van der Waals surface area contributed by atoms with Crippen molar-refractivity contribution in [3.05, 3.63) is 54.1 Å². The third kappa shape index (κ3) is 4.11. The Morgan fingerprint density at radius 1 is 1.02 bits per heavy atom. The largest absolute Gasteiger partial charge is 0.464 e. The number of anilines is 1. The Bertz CT molecular complexity index is 1500. The number of hydrogen-bond donors (Lipinski definition) is 0. The summed E-state index contributed by atoms with van der Waals surface area (Å²) in [5, 5.41) is 4.90. The average Bonchev–Trinajstić information content (AvgIpc) is 3.76. The van der Waals surface area contributed by atoms with Crippen LogP contribution in [-0.2, 0) is 17.3 Å². The smallest absolute Gasteiger partial charge is 0.316 e. The molecule has 7 fully saturated rings. The molecule has 0 spiro atoms. The minimum atomic E-state index is -1.11. The zero-order valence-corrected chi connectivity index (χ0v) is 24.7. The number of halogens is 1. The van der Waals surface area contributed by atoms with Crippen molar-refractivity contribution in [2.45, 2.75) is 94.6 Å². The summed E-state index contributed by atoms with van der Waals surface area (Å²) in [5.41, 5.74) is 4.07. The summed E-state index contributed by atoms with van der Waals surface area (Å²) in [6.45, 7) is 3.12. The zero-order valence-electron chi connectivity index (χ0n) is 24.7. The van der Waals surface area contributed by atoms with Gasteiger partial charge in [0.1, 0.15) is 5.67 Å². The van der Waals surface area contributed by atoms with Crippen LogP contribution >= 0.6 is 0 Å². The van der Waals surface area contributed by atoms with Gasteiger partial charge >= 0.3 is 6.01 Å². The van der Waals surface area contributed by atoms with Crippen molar-refractivity contribution >= 4 is 11.6 Å². The van der Waals surface area contributed by atoms with Crippen LogP contribution in [0.1, 0.15) is 94.9 Å². The molecule has 42 heavy (non-hydrogen) atoms. The SMILES string of the molecule is CCOc1ncc(-c2cccc(N(CC34CCC(c5cc(C6CC6)nn5C)(CC3)CC4)C(=O)C34CC(F)(C3)C4)c2)cn1. The number of nitrogens with zero attached hydrogens (tertiary/aromatic N) is 5. The highest BCUT2D eigenvalue weighted by molar-refractivity contribution is 6.00. The lowest BCUT2D eigenvalue weighted by Gasteiger charge is -2.65. The van der Waals surface area contributed by atoms with Gasteiger partial charge in [-0.25, -0.2) is 14.4 Å². The Kier molecular flexibility index (Phi) is 5.71. The predicted molar refractivity (Wildman–Crippen MR) is 158 cm³/mol. The molecule has 10 rings (SSSR count). The quantitative estimate of drug-likeness (QED) is 0.288. The van der Waals surface area contributed by atoms with Gasteiger partial charge in [0.25, 0.3) is 0 Å². The summed E-state index contributed by atoms with van der Waals surface area (Å²) in [6, 6.07) is 10.9. The van der Waals surface area contributed by atoms with Gasteiger partial charge in [-0.15, -0.1) is 0 Å². The van der Waals surface area contributed by atoms with Gasteiger partial charge < -0.3 is 9.64 Å². The Balaban J connectivity index is 1.07. The van der Waals surface area contributed by atoms with Gasteiger partial charge in [-0.1, -0.05) is 12.1 Å².